The first kappa shape index (κ1) is 21.0. The Morgan fingerprint density at radius 1 is 0.867 bits per heavy atom. The molecule has 1 aromatic heterocycles. The summed E-state index contributed by atoms with van der Waals surface area (Å²) in [6, 6.07) is 12.8. The van der Waals surface area contributed by atoms with Crippen LogP contribution in [0, 0.1) is 0 Å². The highest BCUT2D eigenvalue weighted by atomic mass is 16.5. The van der Waals surface area contributed by atoms with Crippen molar-refractivity contribution in [3.05, 3.63) is 53.7 Å². The highest BCUT2D eigenvalue weighted by Gasteiger charge is 2.17. The van der Waals surface area contributed by atoms with Crippen molar-refractivity contribution in [3.8, 4) is 17.2 Å². The molecule has 0 bridgehead atoms. The van der Waals surface area contributed by atoms with Gasteiger partial charge in [0.15, 0.2) is 11.5 Å². The van der Waals surface area contributed by atoms with Crippen molar-refractivity contribution < 1.29 is 23.8 Å². The maximum absolute atomic E-state index is 12.5. The van der Waals surface area contributed by atoms with Gasteiger partial charge in [-0.3, -0.25) is 9.59 Å². The number of para-hydroxylation sites is 1. The van der Waals surface area contributed by atoms with Gasteiger partial charge in [0.1, 0.15) is 5.69 Å². The third kappa shape index (κ3) is 4.17. The normalized spacial score (nSPS) is 10.5. The smallest absolute Gasteiger partial charge is 0.267 e. The van der Waals surface area contributed by atoms with E-state index in [-0.39, 0.29) is 24.9 Å². The van der Waals surface area contributed by atoms with E-state index in [2.05, 4.69) is 10.6 Å². The maximum atomic E-state index is 12.5. The van der Waals surface area contributed by atoms with E-state index in [4.69, 9.17) is 14.2 Å². The van der Waals surface area contributed by atoms with E-state index in [9.17, 15) is 9.59 Å². The molecule has 0 fully saturated rings. The van der Waals surface area contributed by atoms with Gasteiger partial charge < -0.3 is 29.4 Å². The fourth-order valence-electron chi connectivity index (χ4n) is 3.26. The molecule has 8 nitrogen and oxygen atoms in total. The Labute approximate surface area is 174 Å². The second-order valence-electron chi connectivity index (χ2n) is 6.57. The summed E-state index contributed by atoms with van der Waals surface area (Å²) in [5.41, 5.74) is 1.91. The van der Waals surface area contributed by atoms with E-state index >= 15 is 0 Å². The lowest BCUT2D eigenvalue weighted by Crippen LogP contribution is -2.35. The highest BCUT2D eigenvalue weighted by Crippen LogP contribution is 2.38. The van der Waals surface area contributed by atoms with Crippen LogP contribution in [0.15, 0.2) is 42.5 Å². The van der Waals surface area contributed by atoms with Crippen molar-refractivity contribution in [1.82, 2.24) is 15.2 Å². The Bertz CT molecular complexity index is 1050. The number of fused-ring (bicyclic) bond motifs is 1. The van der Waals surface area contributed by atoms with Crippen LogP contribution in [0.1, 0.15) is 20.8 Å². The van der Waals surface area contributed by atoms with Crippen molar-refractivity contribution in [2.45, 2.75) is 0 Å². The van der Waals surface area contributed by atoms with Crippen molar-refractivity contribution >= 4 is 22.7 Å². The topological polar surface area (TPSA) is 90.8 Å². The van der Waals surface area contributed by atoms with Crippen molar-refractivity contribution in [1.29, 1.82) is 0 Å². The molecule has 0 aliphatic rings. The molecule has 0 radical (unpaired) electrons. The number of rotatable bonds is 8. The van der Waals surface area contributed by atoms with Crippen LogP contribution >= 0.6 is 0 Å². The minimum absolute atomic E-state index is 0.198. The molecule has 0 spiro atoms. The van der Waals surface area contributed by atoms with Gasteiger partial charge in [-0.05, 0) is 24.3 Å². The number of carbonyl (C=O) groups is 2. The van der Waals surface area contributed by atoms with Crippen molar-refractivity contribution in [3.63, 3.8) is 0 Å². The largest absolute Gasteiger partial charge is 0.493 e. The Morgan fingerprint density at radius 2 is 1.47 bits per heavy atom. The number of aryl methyl sites for hydroxylation is 1. The van der Waals surface area contributed by atoms with Crippen LogP contribution < -0.4 is 24.8 Å². The van der Waals surface area contributed by atoms with E-state index in [1.807, 2.05) is 41.9 Å². The van der Waals surface area contributed by atoms with Gasteiger partial charge in [-0.15, -0.1) is 0 Å². The van der Waals surface area contributed by atoms with Gasteiger partial charge in [0.05, 0.1) is 21.3 Å². The van der Waals surface area contributed by atoms with Gasteiger partial charge in [-0.25, -0.2) is 0 Å². The van der Waals surface area contributed by atoms with Crippen LogP contribution in [0.5, 0.6) is 17.2 Å². The summed E-state index contributed by atoms with van der Waals surface area (Å²) in [4.78, 5) is 25.0. The van der Waals surface area contributed by atoms with Gasteiger partial charge >= 0.3 is 0 Å². The molecule has 1 heterocycles. The average Bonchev–Trinajstić information content (AvgIpc) is 3.12. The van der Waals surface area contributed by atoms with Crippen molar-refractivity contribution in [2.75, 3.05) is 34.4 Å². The third-order valence-electron chi connectivity index (χ3n) is 4.81. The number of methoxy groups -OCH3 is 3. The molecule has 3 aromatic rings. The standard InChI is InChI=1S/C22H25N3O5/c1-25-16-8-6-5-7-14(16)11-17(25)22(27)24-10-9-23-21(26)15-12-18(28-2)20(30-4)19(13-15)29-3/h5-8,11-13H,9-10H2,1-4H3,(H,23,26)(H,24,27). The number of amides is 2. The number of nitrogens with zero attached hydrogens (tertiary/aromatic N) is 1. The monoisotopic (exact) mass is 411 g/mol. The molecule has 0 unspecified atom stereocenters. The Morgan fingerprint density at radius 3 is 2.03 bits per heavy atom. The van der Waals surface area contributed by atoms with Crippen LogP contribution in [-0.4, -0.2) is 50.8 Å². The predicted octanol–water partition coefficient (Wildman–Crippen LogP) is 2.36. The van der Waals surface area contributed by atoms with Gasteiger partial charge in [0.2, 0.25) is 5.75 Å². The number of aromatic nitrogens is 1. The minimum Gasteiger partial charge on any atom is -0.493 e. The molecule has 0 atom stereocenters. The van der Waals surface area contributed by atoms with Crippen LogP contribution in [0.25, 0.3) is 10.9 Å². The van der Waals surface area contributed by atoms with Gasteiger partial charge in [-0.1, -0.05) is 18.2 Å². The number of nitrogens with one attached hydrogen (secondary N) is 2. The van der Waals surface area contributed by atoms with Gasteiger partial charge in [-0.2, -0.15) is 0 Å². The third-order valence-corrected chi connectivity index (χ3v) is 4.81. The second-order valence-corrected chi connectivity index (χ2v) is 6.57. The highest BCUT2D eigenvalue weighted by molar-refractivity contribution is 5.99. The van der Waals surface area contributed by atoms with E-state index < -0.39 is 0 Å². The number of hydrogen-bond acceptors (Lipinski definition) is 5. The Kier molecular flexibility index (Phi) is 6.46. The predicted molar refractivity (Wildman–Crippen MR) is 114 cm³/mol. The fourth-order valence-corrected chi connectivity index (χ4v) is 3.26. The fraction of sp³-hybridized carbons (Fsp3) is 0.273. The minimum atomic E-state index is -0.312. The SMILES string of the molecule is COc1cc(C(=O)NCCNC(=O)c2cc3ccccc3n2C)cc(OC)c1OC. The molecule has 0 aliphatic carbocycles. The number of benzene rings is 2. The molecule has 158 valence electrons. The summed E-state index contributed by atoms with van der Waals surface area (Å²) >= 11 is 0. The maximum Gasteiger partial charge on any atom is 0.267 e. The first-order valence-corrected chi connectivity index (χ1v) is 9.41. The first-order chi connectivity index (χ1) is 14.5. The van der Waals surface area contributed by atoms with Crippen LogP contribution in [0.3, 0.4) is 0 Å². The number of carbonyl (C=O) groups excluding carboxylic acids is 2. The Hall–Kier alpha value is -3.68. The zero-order valence-corrected chi connectivity index (χ0v) is 17.4. The summed E-state index contributed by atoms with van der Waals surface area (Å²) in [5.74, 6) is 0.694. The molecule has 8 heteroatoms. The molecule has 2 amide bonds. The van der Waals surface area contributed by atoms with E-state index in [0.29, 0.717) is 28.5 Å². The summed E-state index contributed by atoms with van der Waals surface area (Å²) in [5, 5.41) is 6.60. The summed E-state index contributed by atoms with van der Waals surface area (Å²) in [6.45, 7) is 0.557. The van der Waals surface area contributed by atoms with E-state index in [1.54, 1.807) is 12.1 Å². The summed E-state index contributed by atoms with van der Waals surface area (Å²) in [7, 11) is 6.32. The molecule has 2 aromatic carbocycles. The zero-order valence-electron chi connectivity index (χ0n) is 17.4. The molecule has 2 N–H and O–H groups in total. The van der Waals surface area contributed by atoms with Gasteiger partial charge in [0.25, 0.3) is 11.8 Å². The lowest BCUT2D eigenvalue weighted by atomic mass is 10.1. The molecular formula is C22H25N3O5. The van der Waals surface area contributed by atoms with E-state index in [1.165, 1.54) is 21.3 Å². The molecule has 30 heavy (non-hydrogen) atoms. The Balaban J connectivity index is 1.59. The molecule has 3 rings (SSSR count). The van der Waals surface area contributed by atoms with Crippen LogP contribution in [-0.2, 0) is 7.05 Å². The summed E-state index contributed by atoms with van der Waals surface area (Å²) < 4.78 is 17.6. The van der Waals surface area contributed by atoms with Crippen LogP contribution in [0.2, 0.25) is 0 Å². The van der Waals surface area contributed by atoms with Gasteiger partial charge in [0, 0.05) is 36.6 Å². The number of hydrogen-bond donors (Lipinski definition) is 2. The molecule has 0 saturated carbocycles. The number of ether oxygens (including phenoxy) is 3. The lowest BCUT2D eigenvalue weighted by molar-refractivity contribution is 0.0923. The van der Waals surface area contributed by atoms with Crippen molar-refractivity contribution in [2.24, 2.45) is 7.05 Å². The first-order valence-electron chi connectivity index (χ1n) is 9.41. The quantitative estimate of drug-likeness (QED) is 0.556. The lowest BCUT2D eigenvalue weighted by Gasteiger charge is -2.14. The molecule has 0 saturated heterocycles. The summed E-state index contributed by atoms with van der Waals surface area (Å²) in [6.07, 6.45) is 0. The van der Waals surface area contributed by atoms with E-state index in [0.717, 1.165) is 10.9 Å². The average molecular weight is 411 g/mol. The second kappa shape index (κ2) is 9.21. The molecular weight excluding hydrogens is 386 g/mol. The van der Waals surface area contributed by atoms with Crippen LogP contribution in [0.4, 0.5) is 0 Å². The zero-order chi connectivity index (χ0) is 21.7. The molecule has 0 aliphatic heterocycles.